The van der Waals surface area contributed by atoms with E-state index in [4.69, 9.17) is 0 Å². The number of alkyl halides is 3. The van der Waals surface area contributed by atoms with E-state index in [9.17, 15) is 18.0 Å². The van der Waals surface area contributed by atoms with Crippen molar-refractivity contribution in [2.45, 2.75) is 6.18 Å². The average Bonchev–Trinajstić information content (AvgIpc) is 2.86. The van der Waals surface area contributed by atoms with Crippen molar-refractivity contribution in [3.63, 3.8) is 0 Å². The first kappa shape index (κ1) is 13.1. The number of benzene rings is 1. The Kier molecular flexibility index (Phi) is 3.28. The van der Waals surface area contributed by atoms with Crippen molar-refractivity contribution >= 4 is 5.97 Å². The number of nitrogens with zero attached hydrogens (tertiary/aromatic N) is 1. The van der Waals surface area contributed by atoms with Crippen molar-refractivity contribution in [1.82, 2.24) is 5.16 Å². The van der Waals surface area contributed by atoms with Crippen LogP contribution in [0.15, 0.2) is 35.1 Å². The van der Waals surface area contributed by atoms with Crippen molar-refractivity contribution in [2.24, 2.45) is 0 Å². The fourth-order valence-corrected chi connectivity index (χ4v) is 1.52. The molecule has 0 unspecified atom stereocenters. The SMILES string of the molecule is COC(=O)c1conc1-c1ccc(C(F)(F)F)cc1. The van der Waals surface area contributed by atoms with E-state index >= 15 is 0 Å². The second-order valence-corrected chi connectivity index (χ2v) is 3.64. The van der Waals surface area contributed by atoms with Gasteiger partial charge in [0, 0.05) is 5.56 Å². The first-order valence-electron chi connectivity index (χ1n) is 5.14. The fraction of sp³-hybridized carbons (Fsp3) is 0.167. The molecule has 0 saturated heterocycles. The highest BCUT2D eigenvalue weighted by atomic mass is 19.4. The molecular weight excluding hydrogens is 263 g/mol. The second-order valence-electron chi connectivity index (χ2n) is 3.64. The first-order chi connectivity index (χ1) is 8.93. The molecule has 0 amide bonds. The Morgan fingerprint density at radius 2 is 1.89 bits per heavy atom. The highest BCUT2D eigenvalue weighted by molar-refractivity contribution is 5.95. The highest BCUT2D eigenvalue weighted by Gasteiger charge is 2.30. The van der Waals surface area contributed by atoms with Crippen LogP contribution < -0.4 is 0 Å². The summed E-state index contributed by atoms with van der Waals surface area (Å²) in [5, 5.41) is 3.59. The molecule has 1 aromatic heterocycles. The predicted molar refractivity (Wildman–Crippen MR) is 58.3 cm³/mol. The van der Waals surface area contributed by atoms with Gasteiger partial charge >= 0.3 is 12.1 Å². The van der Waals surface area contributed by atoms with Gasteiger partial charge in [-0.25, -0.2) is 4.79 Å². The molecule has 100 valence electrons. The minimum Gasteiger partial charge on any atom is -0.465 e. The van der Waals surface area contributed by atoms with Gasteiger partial charge in [0.1, 0.15) is 17.5 Å². The molecule has 7 heteroatoms. The van der Waals surface area contributed by atoms with Crippen LogP contribution in [0.3, 0.4) is 0 Å². The lowest BCUT2D eigenvalue weighted by molar-refractivity contribution is -0.137. The number of hydrogen-bond acceptors (Lipinski definition) is 4. The number of esters is 1. The van der Waals surface area contributed by atoms with Crippen LogP contribution in [-0.4, -0.2) is 18.2 Å². The van der Waals surface area contributed by atoms with E-state index in [0.717, 1.165) is 18.4 Å². The minimum atomic E-state index is -4.41. The summed E-state index contributed by atoms with van der Waals surface area (Å²) in [7, 11) is 1.19. The molecule has 0 atom stereocenters. The van der Waals surface area contributed by atoms with Crippen LogP contribution >= 0.6 is 0 Å². The average molecular weight is 271 g/mol. The zero-order valence-corrected chi connectivity index (χ0v) is 9.69. The number of ether oxygens (including phenoxy) is 1. The summed E-state index contributed by atoms with van der Waals surface area (Å²) in [6.07, 6.45) is -3.33. The molecule has 19 heavy (non-hydrogen) atoms. The van der Waals surface area contributed by atoms with E-state index in [1.165, 1.54) is 19.2 Å². The lowest BCUT2D eigenvalue weighted by atomic mass is 10.1. The van der Waals surface area contributed by atoms with Gasteiger partial charge < -0.3 is 9.26 Å². The smallest absolute Gasteiger partial charge is 0.416 e. The standard InChI is InChI=1S/C12H8F3NO3/c1-18-11(17)9-6-19-16-10(9)7-2-4-8(5-3-7)12(13,14)15/h2-6H,1H3. The molecule has 0 aliphatic heterocycles. The quantitative estimate of drug-likeness (QED) is 0.787. The third kappa shape index (κ3) is 2.59. The summed E-state index contributed by atoms with van der Waals surface area (Å²) >= 11 is 0. The van der Waals surface area contributed by atoms with E-state index in [1.807, 2.05) is 0 Å². The van der Waals surface area contributed by atoms with Gasteiger partial charge in [-0.05, 0) is 12.1 Å². The topological polar surface area (TPSA) is 52.3 Å². The molecule has 0 fully saturated rings. The van der Waals surface area contributed by atoms with Crippen molar-refractivity contribution in [2.75, 3.05) is 7.11 Å². The van der Waals surface area contributed by atoms with Crippen LogP contribution in [0.5, 0.6) is 0 Å². The molecule has 2 rings (SSSR count). The van der Waals surface area contributed by atoms with Crippen LogP contribution in [0.2, 0.25) is 0 Å². The normalized spacial score (nSPS) is 11.4. The molecule has 2 aromatic rings. The number of halogens is 3. The number of aromatic nitrogens is 1. The van der Waals surface area contributed by atoms with Gasteiger partial charge in [-0.3, -0.25) is 0 Å². The molecule has 0 aliphatic rings. The van der Waals surface area contributed by atoms with E-state index in [1.54, 1.807) is 0 Å². The maximum Gasteiger partial charge on any atom is 0.416 e. The van der Waals surface area contributed by atoms with Gasteiger partial charge in [0.05, 0.1) is 12.7 Å². The molecule has 0 aliphatic carbocycles. The summed E-state index contributed by atoms with van der Waals surface area (Å²) in [5.74, 6) is -0.670. The lowest BCUT2D eigenvalue weighted by Crippen LogP contribution is -2.04. The monoisotopic (exact) mass is 271 g/mol. The van der Waals surface area contributed by atoms with Gasteiger partial charge in [0.2, 0.25) is 0 Å². The van der Waals surface area contributed by atoms with Gasteiger partial charge in [0.25, 0.3) is 0 Å². The third-order valence-electron chi connectivity index (χ3n) is 2.46. The van der Waals surface area contributed by atoms with Crippen molar-refractivity contribution in [3.8, 4) is 11.3 Å². The maximum absolute atomic E-state index is 12.4. The Morgan fingerprint density at radius 3 is 2.42 bits per heavy atom. The molecule has 0 saturated carbocycles. The summed E-state index contributed by atoms with van der Waals surface area (Å²) in [6.45, 7) is 0. The number of hydrogen-bond donors (Lipinski definition) is 0. The molecule has 1 heterocycles. The summed E-state index contributed by atoms with van der Waals surface area (Å²) in [6, 6.07) is 4.25. The van der Waals surface area contributed by atoms with Gasteiger partial charge in [-0.15, -0.1) is 0 Å². The van der Waals surface area contributed by atoms with Crippen molar-refractivity contribution in [3.05, 3.63) is 41.7 Å². The third-order valence-corrected chi connectivity index (χ3v) is 2.46. The molecule has 4 nitrogen and oxygen atoms in total. The molecule has 0 bridgehead atoms. The van der Waals surface area contributed by atoms with Crippen LogP contribution in [0.25, 0.3) is 11.3 Å². The van der Waals surface area contributed by atoms with Crippen molar-refractivity contribution < 1.29 is 27.2 Å². The zero-order valence-electron chi connectivity index (χ0n) is 9.69. The molecule has 0 radical (unpaired) electrons. The highest BCUT2D eigenvalue weighted by Crippen LogP contribution is 2.31. The summed E-state index contributed by atoms with van der Waals surface area (Å²) in [5.41, 5.74) is -0.246. The number of carbonyl (C=O) groups is 1. The van der Waals surface area contributed by atoms with Crippen LogP contribution in [0.1, 0.15) is 15.9 Å². The van der Waals surface area contributed by atoms with E-state index in [-0.39, 0.29) is 11.3 Å². The number of carbonyl (C=O) groups excluding carboxylic acids is 1. The van der Waals surface area contributed by atoms with Crippen molar-refractivity contribution in [1.29, 1.82) is 0 Å². The molecular formula is C12H8F3NO3. The lowest BCUT2D eigenvalue weighted by Gasteiger charge is -2.06. The first-order valence-corrected chi connectivity index (χ1v) is 5.14. The van der Waals surface area contributed by atoms with Crippen LogP contribution in [0.4, 0.5) is 13.2 Å². The second kappa shape index (κ2) is 4.75. The van der Waals surface area contributed by atoms with Gasteiger partial charge in [0.15, 0.2) is 0 Å². The van der Waals surface area contributed by atoms with E-state index in [0.29, 0.717) is 5.56 Å². The van der Waals surface area contributed by atoms with Gasteiger partial charge in [-0.2, -0.15) is 13.2 Å². The Balaban J connectivity index is 2.38. The van der Waals surface area contributed by atoms with Gasteiger partial charge in [-0.1, -0.05) is 17.3 Å². The Labute approximate surface area is 105 Å². The predicted octanol–water partition coefficient (Wildman–Crippen LogP) is 3.15. The largest absolute Gasteiger partial charge is 0.465 e. The van der Waals surface area contributed by atoms with Crippen LogP contribution in [-0.2, 0) is 10.9 Å². The summed E-state index contributed by atoms with van der Waals surface area (Å²) < 4.78 is 46.4. The Morgan fingerprint density at radius 1 is 1.26 bits per heavy atom. The zero-order chi connectivity index (χ0) is 14.0. The molecule has 1 aromatic carbocycles. The minimum absolute atomic E-state index is 0.0576. The Bertz CT molecular complexity index is 587. The van der Waals surface area contributed by atoms with E-state index in [2.05, 4.69) is 14.4 Å². The maximum atomic E-state index is 12.4. The molecule has 0 N–H and O–H groups in total. The summed E-state index contributed by atoms with van der Waals surface area (Å²) in [4.78, 5) is 11.4. The number of methoxy groups -OCH3 is 1. The van der Waals surface area contributed by atoms with E-state index < -0.39 is 17.7 Å². The fourth-order valence-electron chi connectivity index (χ4n) is 1.52. The number of rotatable bonds is 2. The Hall–Kier alpha value is -2.31. The molecule has 0 spiro atoms. The van der Waals surface area contributed by atoms with Crippen LogP contribution in [0, 0.1) is 0 Å².